The molecule has 0 saturated carbocycles. The maximum absolute atomic E-state index is 16.3. The zero-order valence-corrected chi connectivity index (χ0v) is 37.4. The van der Waals surface area contributed by atoms with Crippen molar-refractivity contribution in [1.82, 2.24) is 49.5 Å². The lowest BCUT2D eigenvalue weighted by Crippen LogP contribution is -2.33. The second-order valence-electron chi connectivity index (χ2n) is 16.2. The van der Waals surface area contributed by atoms with E-state index in [9.17, 15) is 5.11 Å². The van der Waals surface area contributed by atoms with E-state index in [1.807, 2.05) is 59.5 Å². The predicted molar refractivity (Wildman–Crippen MR) is 254 cm³/mol. The predicted octanol–water partition coefficient (Wildman–Crippen LogP) is 7.58. The molecule has 0 radical (unpaired) electrons. The minimum atomic E-state index is -0.655. The van der Waals surface area contributed by atoms with Crippen LogP contribution in [0.3, 0.4) is 0 Å². The number of ether oxygens (including phenoxy) is 3. The summed E-state index contributed by atoms with van der Waals surface area (Å²) in [6, 6.07) is 31.4. The molecule has 0 aliphatic carbocycles. The van der Waals surface area contributed by atoms with Gasteiger partial charge in [-0.1, -0.05) is 48.5 Å². The Hall–Kier alpha value is -8.48. The zero-order chi connectivity index (χ0) is 47.4. The fourth-order valence-corrected chi connectivity index (χ4v) is 8.35. The molecule has 0 spiro atoms. The summed E-state index contributed by atoms with van der Waals surface area (Å²) in [5, 5.41) is 19.1. The van der Waals surface area contributed by atoms with Gasteiger partial charge in [0.25, 0.3) is 0 Å². The number of nitrogens with zero attached hydrogens (tertiary/aromatic N) is 11. The summed E-state index contributed by atoms with van der Waals surface area (Å²) in [4.78, 5) is 30.4. The number of halogens is 2. The van der Waals surface area contributed by atoms with Crippen molar-refractivity contribution >= 4 is 5.82 Å². The quantitative estimate of drug-likeness (QED) is 0.102. The van der Waals surface area contributed by atoms with Gasteiger partial charge in [-0.05, 0) is 66.6 Å². The first-order valence-electron chi connectivity index (χ1n) is 22.0. The first-order valence-corrected chi connectivity index (χ1v) is 22.0. The number of hydrogen-bond acceptors (Lipinski definition) is 14. The molecule has 0 unspecified atom stereocenters. The molecule has 1 saturated heterocycles. The number of aromatic nitrogens is 10. The van der Waals surface area contributed by atoms with E-state index < -0.39 is 11.6 Å². The van der Waals surface area contributed by atoms with Crippen LogP contribution < -0.4 is 24.8 Å². The van der Waals surface area contributed by atoms with Crippen molar-refractivity contribution in [3.63, 3.8) is 0 Å². The lowest BCUT2D eigenvalue weighted by Gasteiger charge is -2.24. The first-order chi connectivity index (χ1) is 33.8. The standard InChI is InChI=1S/C51H44F2N12O4/c1-67-42-12-6-11-37(52)47(42)51-59-40(33-26-57-65(28-33)45-15-8-16-46(62-45)69-22-20-31-9-4-3-5-10-31)24-41(60-51)36-17-18-38(53)48(49(36)68-2)50-55-21-19-39(58-50)32-25-56-64(27-32)44-14-7-13-43(61-44)63-29-34(54)23-35(63)30-66/h3-19,21,24-28,34-35,66H,20,22-23,29-30,54H2,1-2H3/t34-,35+/m0/s1. The van der Waals surface area contributed by atoms with Crippen molar-refractivity contribution in [2.75, 3.05) is 38.9 Å². The Labute approximate surface area is 394 Å². The normalized spacial score (nSPS) is 14.6. The number of methoxy groups -OCH3 is 2. The maximum atomic E-state index is 16.3. The molecule has 10 rings (SSSR count). The number of benzene rings is 3. The van der Waals surface area contributed by atoms with Gasteiger partial charge in [0.05, 0.1) is 74.1 Å². The third kappa shape index (κ3) is 9.17. The molecule has 3 aromatic carbocycles. The molecule has 1 aliphatic heterocycles. The average molecular weight is 927 g/mol. The Morgan fingerprint density at radius 3 is 2.14 bits per heavy atom. The molecule has 7 heterocycles. The van der Waals surface area contributed by atoms with E-state index in [4.69, 9.17) is 39.9 Å². The summed E-state index contributed by atoms with van der Waals surface area (Å²) in [6.07, 6.45) is 9.64. The molecule has 2 atom stereocenters. The van der Waals surface area contributed by atoms with E-state index in [-0.39, 0.29) is 58.7 Å². The van der Waals surface area contributed by atoms with Crippen LogP contribution in [0.4, 0.5) is 14.6 Å². The number of aliphatic hydroxyl groups is 1. The molecule has 0 bridgehead atoms. The van der Waals surface area contributed by atoms with Gasteiger partial charge in [0.15, 0.2) is 23.3 Å². The largest absolute Gasteiger partial charge is 0.496 e. The Balaban J connectivity index is 0.993. The van der Waals surface area contributed by atoms with E-state index in [2.05, 4.69) is 20.2 Å². The number of nitrogens with two attached hydrogens (primary N) is 1. The lowest BCUT2D eigenvalue weighted by molar-refractivity contribution is 0.265. The summed E-state index contributed by atoms with van der Waals surface area (Å²) in [5.41, 5.74) is 9.93. The van der Waals surface area contributed by atoms with E-state index in [1.165, 1.54) is 44.7 Å². The highest BCUT2D eigenvalue weighted by atomic mass is 19.1. The van der Waals surface area contributed by atoms with Crippen LogP contribution in [0.2, 0.25) is 0 Å². The number of aliphatic hydroxyl groups excluding tert-OH is 1. The Morgan fingerprint density at radius 1 is 0.681 bits per heavy atom. The van der Waals surface area contributed by atoms with Crippen molar-refractivity contribution in [3.8, 4) is 85.6 Å². The van der Waals surface area contributed by atoms with E-state index in [1.54, 1.807) is 64.5 Å². The van der Waals surface area contributed by atoms with E-state index in [0.717, 1.165) is 5.56 Å². The van der Waals surface area contributed by atoms with Gasteiger partial charge in [-0.15, -0.1) is 0 Å². The van der Waals surface area contributed by atoms with E-state index >= 15 is 8.78 Å². The minimum Gasteiger partial charge on any atom is -0.496 e. The van der Waals surface area contributed by atoms with Crippen LogP contribution in [0.15, 0.2) is 140 Å². The molecule has 9 aromatic rings. The van der Waals surface area contributed by atoms with Gasteiger partial charge < -0.3 is 30.0 Å². The van der Waals surface area contributed by atoms with Gasteiger partial charge in [-0.3, -0.25) is 0 Å². The van der Waals surface area contributed by atoms with Crippen molar-refractivity contribution in [2.24, 2.45) is 5.73 Å². The zero-order valence-electron chi connectivity index (χ0n) is 37.4. The Bertz CT molecular complexity index is 3280. The van der Waals surface area contributed by atoms with Gasteiger partial charge in [-0.2, -0.15) is 15.2 Å². The molecule has 1 fully saturated rings. The second kappa shape index (κ2) is 19.4. The molecule has 18 heteroatoms. The van der Waals surface area contributed by atoms with Gasteiger partial charge in [0.2, 0.25) is 5.88 Å². The Kier molecular flexibility index (Phi) is 12.5. The summed E-state index contributed by atoms with van der Waals surface area (Å²) in [7, 11) is 2.84. The molecule has 0 amide bonds. The first kappa shape index (κ1) is 44.4. The number of rotatable bonds is 15. The average Bonchev–Trinajstić information content (AvgIpc) is 4.18. The fraction of sp³-hybridized carbons (Fsp3) is 0.176. The lowest BCUT2D eigenvalue weighted by atomic mass is 10.0. The van der Waals surface area contributed by atoms with Crippen LogP contribution in [-0.2, 0) is 6.42 Å². The summed E-state index contributed by atoms with van der Waals surface area (Å²) in [6.45, 7) is 0.975. The fourth-order valence-electron chi connectivity index (χ4n) is 8.35. The van der Waals surface area contributed by atoms with Gasteiger partial charge in [-0.25, -0.2) is 43.1 Å². The molecule has 69 heavy (non-hydrogen) atoms. The number of anilines is 1. The van der Waals surface area contributed by atoms with Gasteiger partial charge in [0, 0.05) is 60.4 Å². The van der Waals surface area contributed by atoms with Crippen LogP contribution in [0.5, 0.6) is 17.4 Å². The third-order valence-electron chi connectivity index (χ3n) is 11.7. The molecule has 346 valence electrons. The highest BCUT2D eigenvalue weighted by molar-refractivity contribution is 5.82. The van der Waals surface area contributed by atoms with Crippen molar-refractivity contribution in [2.45, 2.75) is 24.9 Å². The van der Waals surface area contributed by atoms with Gasteiger partial charge in [0.1, 0.15) is 29.0 Å². The summed E-state index contributed by atoms with van der Waals surface area (Å²) >= 11 is 0. The Morgan fingerprint density at radius 2 is 1.38 bits per heavy atom. The molecule has 3 N–H and O–H groups in total. The third-order valence-corrected chi connectivity index (χ3v) is 11.7. The van der Waals surface area contributed by atoms with Crippen molar-refractivity contribution in [1.29, 1.82) is 0 Å². The highest BCUT2D eigenvalue weighted by Gasteiger charge is 2.31. The monoisotopic (exact) mass is 926 g/mol. The molecular weight excluding hydrogens is 883 g/mol. The molecule has 6 aromatic heterocycles. The van der Waals surface area contributed by atoms with Crippen LogP contribution in [0.25, 0.3) is 68.2 Å². The van der Waals surface area contributed by atoms with Crippen LogP contribution in [0, 0.1) is 11.6 Å². The van der Waals surface area contributed by atoms with Crippen LogP contribution in [0.1, 0.15) is 12.0 Å². The summed E-state index contributed by atoms with van der Waals surface area (Å²) in [5.74, 6) is 1.18. The van der Waals surface area contributed by atoms with Crippen LogP contribution in [-0.4, -0.2) is 101 Å². The highest BCUT2D eigenvalue weighted by Crippen LogP contribution is 2.42. The van der Waals surface area contributed by atoms with Crippen molar-refractivity contribution < 1.29 is 28.1 Å². The summed E-state index contributed by atoms with van der Waals surface area (Å²) < 4.78 is 52.8. The molecular formula is C51H44F2N12O4. The molecule has 1 aliphatic rings. The van der Waals surface area contributed by atoms with E-state index in [0.29, 0.717) is 77.4 Å². The smallest absolute Gasteiger partial charge is 0.215 e. The molecule has 16 nitrogen and oxygen atoms in total. The topological polar surface area (TPSA) is 190 Å². The van der Waals surface area contributed by atoms with Gasteiger partial charge >= 0.3 is 0 Å². The van der Waals surface area contributed by atoms with Crippen molar-refractivity contribution in [3.05, 3.63) is 157 Å². The second-order valence-corrected chi connectivity index (χ2v) is 16.2. The number of hydrogen-bond donors (Lipinski definition) is 2. The van der Waals surface area contributed by atoms with Crippen LogP contribution >= 0.6 is 0 Å². The number of pyridine rings is 2. The SMILES string of the molecule is COc1cccc(F)c1-c1nc(-c2cnn(-c3cccc(OCCc4ccccc4)n3)c2)cc(-c2ccc(F)c(-c3nccc(-c4cnn(-c5cccc(N6C[C@@H](N)C[C@@H]6CO)n5)c4)n3)c2OC)n1. The minimum absolute atomic E-state index is 0.00225. The maximum Gasteiger partial charge on any atom is 0.215 e.